The second kappa shape index (κ2) is 13.6. The zero-order valence-corrected chi connectivity index (χ0v) is 8.28. The van der Waals surface area contributed by atoms with Crippen LogP contribution in [0.4, 0.5) is 0 Å². The van der Waals surface area contributed by atoms with Gasteiger partial charge in [-0.05, 0) is 18.7 Å². The molecule has 0 aromatic heterocycles. The van der Waals surface area contributed by atoms with E-state index in [9.17, 15) is 0 Å². The summed E-state index contributed by atoms with van der Waals surface area (Å²) in [5, 5.41) is 0. The molecule has 3 heteroatoms. The number of rotatable bonds is 2. The van der Waals surface area contributed by atoms with E-state index in [4.69, 9.17) is 8.60 Å². The first-order valence-corrected chi connectivity index (χ1v) is 3.87. The third-order valence-corrected chi connectivity index (χ3v) is 1.01. The molecule has 0 aliphatic rings. The van der Waals surface area contributed by atoms with Gasteiger partial charge in [-0.25, -0.2) is 0 Å². The summed E-state index contributed by atoms with van der Waals surface area (Å²) in [6, 6.07) is 9.64. The Bertz CT molecular complexity index is 187. The van der Waals surface area contributed by atoms with Crippen LogP contribution in [0.15, 0.2) is 36.9 Å². The Morgan fingerprint density at radius 2 is 1.77 bits per heavy atom. The van der Waals surface area contributed by atoms with Gasteiger partial charge < -0.3 is 18.2 Å². The molecule has 0 spiro atoms. The molecule has 0 radical (unpaired) electrons. The van der Waals surface area contributed by atoms with Crippen LogP contribution in [0.2, 0.25) is 0 Å². The Hall–Kier alpha value is -0.934. The number of para-hydroxylation sites is 1. The molecule has 0 aliphatic carbocycles. The van der Waals surface area contributed by atoms with Crippen molar-refractivity contribution in [2.75, 3.05) is 6.61 Å². The maximum atomic E-state index is 7.94. The molecule has 0 aliphatic heterocycles. The van der Waals surface area contributed by atoms with Crippen LogP contribution in [0, 0.1) is 13.5 Å². The predicted molar refractivity (Wildman–Crippen MR) is 47.9 cm³/mol. The summed E-state index contributed by atoms with van der Waals surface area (Å²) in [6.07, 6.45) is 0. The molecule has 0 N–H and O–H groups in total. The Morgan fingerprint density at radius 1 is 1.31 bits per heavy atom. The molecule has 0 heterocycles. The van der Waals surface area contributed by atoms with Gasteiger partial charge >= 0.3 is 19.5 Å². The zero-order valence-electron chi connectivity index (χ0n) is 7.24. The molecule has 2 nitrogen and oxygen atoms in total. The quantitative estimate of drug-likeness (QED) is 0.719. The molecule has 1 aromatic carbocycles. The molecule has 13 heavy (non-hydrogen) atoms. The van der Waals surface area contributed by atoms with Gasteiger partial charge in [0.05, 0.1) is 0 Å². The fourth-order valence-corrected chi connectivity index (χ4v) is 0.635. The molecule has 0 bridgehead atoms. The molecule has 0 unspecified atom stereocenters. The van der Waals surface area contributed by atoms with Crippen LogP contribution < -0.4 is 4.74 Å². The normalized spacial score (nSPS) is 6.92. The minimum absolute atomic E-state index is 0.490. The Morgan fingerprint density at radius 3 is 2.15 bits per heavy atom. The Balaban J connectivity index is 0. The maximum absolute atomic E-state index is 7.94. The summed E-state index contributed by atoms with van der Waals surface area (Å²) in [7, 11) is 0. The van der Waals surface area contributed by atoms with E-state index in [0.29, 0.717) is 6.61 Å². The van der Waals surface area contributed by atoms with Crippen LogP contribution in [0.3, 0.4) is 0 Å². The van der Waals surface area contributed by atoms with Gasteiger partial charge in [-0.15, -0.1) is 0 Å². The zero-order chi connectivity index (χ0) is 10.5. The van der Waals surface area contributed by atoms with Crippen molar-refractivity contribution in [3.05, 3.63) is 50.4 Å². The van der Waals surface area contributed by atoms with Crippen LogP contribution in [-0.4, -0.2) is 6.61 Å². The van der Waals surface area contributed by atoms with E-state index in [0.717, 1.165) is 5.75 Å². The van der Waals surface area contributed by atoms with Crippen LogP contribution >= 0.6 is 0 Å². The standard InChI is InChI=1S/C8H9O.C2H3.Co.O/c1-2-9-8-6-4-3-5-7-8;1-2;;/h3-7H,1-2H2;1H,2H2;;/q2*-1;;. The van der Waals surface area contributed by atoms with Gasteiger partial charge in [-0.3, -0.25) is 6.58 Å². The average Bonchev–Trinajstić information content (AvgIpc) is 2.26. The Kier molecular flexibility index (Phi) is 15.3. The van der Waals surface area contributed by atoms with E-state index in [1.807, 2.05) is 30.3 Å². The fourth-order valence-electron chi connectivity index (χ4n) is 0.635. The van der Waals surface area contributed by atoms with Gasteiger partial charge in [0.15, 0.2) is 0 Å². The van der Waals surface area contributed by atoms with Gasteiger partial charge in [0, 0.05) is 0 Å². The van der Waals surface area contributed by atoms with Crippen LogP contribution in [0.5, 0.6) is 5.75 Å². The summed E-state index contributed by atoms with van der Waals surface area (Å²) in [5.74, 6) is 0.882. The van der Waals surface area contributed by atoms with Crippen molar-refractivity contribution in [3.63, 3.8) is 0 Å². The van der Waals surface area contributed by atoms with Gasteiger partial charge in [-0.1, -0.05) is 18.2 Å². The SMILES string of the molecule is [CH-]=C.[CH2-]COc1ccccc1.[O]=[Co]. The summed E-state index contributed by atoms with van der Waals surface area (Å²) in [6.45, 7) is 11.0. The Labute approximate surface area is 87.4 Å². The second-order valence-electron chi connectivity index (χ2n) is 1.66. The molecular weight excluding hydrogens is 211 g/mol. The molecule has 0 fully saturated rings. The van der Waals surface area contributed by atoms with E-state index in [1.165, 1.54) is 0 Å². The molecule has 75 valence electrons. The van der Waals surface area contributed by atoms with Crippen molar-refractivity contribution in [2.45, 2.75) is 0 Å². The van der Waals surface area contributed by atoms with Crippen molar-refractivity contribution >= 4 is 0 Å². The average molecular weight is 223 g/mol. The first-order valence-electron chi connectivity index (χ1n) is 3.45. The third kappa shape index (κ3) is 8.98. The number of benzene rings is 1. The first-order chi connectivity index (χ1) is 6.43. The van der Waals surface area contributed by atoms with E-state index >= 15 is 0 Å². The van der Waals surface area contributed by atoms with Crippen LogP contribution in [0.1, 0.15) is 0 Å². The second-order valence-corrected chi connectivity index (χ2v) is 1.66. The van der Waals surface area contributed by atoms with Crippen molar-refractivity contribution in [2.24, 2.45) is 0 Å². The van der Waals surface area contributed by atoms with Gasteiger partial charge in [0.2, 0.25) is 0 Å². The molecule has 1 aromatic rings. The molecule has 1 rings (SSSR count). The van der Waals surface area contributed by atoms with Crippen molar-refractivity contribution in [1.29, 1.82) is 0 Å². The minimum atomic E-state index is 0.490. The summed E-state index contributed by atoms with van der Waals surface area (Å²) in [4.78, 5) is 0. The number of hydrogen-bond donors (Lipinski definition) is 0. The van der Waals surface area contributed by atoms with E-state index in [1.54, 1.807) is 0 Å². The molecule has 0 atom stereocenters. The predicted octanol–water partition coefficient (Wildman–Crippen LogP) is 2.38. The van der Waals surface area contributed by atoms with E-state index in [-0.39, 0.29) is 0 Å². The summed E-state index contributed by atoms with van der Waals surface area (Å²) >= 11 is 2.31. The van der Waals surface area contributed by atoms with Gasteiger partial charge in [0.25, 0.3) is 0 Å². The summed E-state index contributed by atoms with van der Waals surface area (Å²) in [5.41, 5.74) is 0. The van der Waals surface area contributed by atoms with Crippen molar-refractivity contribution in [1.82, 2.24) is 0 Å². The molecule has 0 amide bonds. The summed E-state index contributed by atoms with van der Waals surface area (Å²) < 4.78 is 13.0. The van der Waals surface area contributed by atoms with Crippen molar-refractivity contribution < 1.29 is 24.3 Å². The number of hydrogen-bond acceptors (Lipinski definition) is 2. The number of ether oxygens (including phenoxy) is 1. The monoisotopic (exact) mass is 223 g/mol. The van der Waals surface area contributed by atoms with E-state index < -0.39 is 0 Å². The van der Waals surface area contributed by atoms with Crippen LogP contribution in [-0.2, 0) is 19.5 Å². The third-order valence-electron chi connectivity index (χ3n) is 1.01. The topological polar surface area (TPSA) is 26.3 Å². The van der Waals surface area contributed by atoms with Crippen LogP contribution in [0.25, 0.3) is 0 Å². The molecular formula is C10H12CoO2-2. The van der Waals surface area contributed by atoms with Gasteiger partial charge in [-0.2, -0.15) is 0 Å². The molecule has 0 saturated heterocycles. The molecule has 0 saturated carbocycles. The van der Waals surface area contributed by atoms with E-state index in [2.05, 4.69) is 35.7 Å². The fraction of sp³-hybridized carbons (Fsp3) is 0.100. The first kappa shape index (κ1) is 14.6. The van der Waals surface area contributed by atoms with Gasteiger partial charge in [0.1, 0.15) is 5.75 Å². The van der Waals surface area contributed by atoms with Crippen molar-refractivity contribution in [3.8, 4) is 5.75 Å².